The summed E-state index contributed by atoms with van der Waals surface area (Å²) in [6.45, 7) is 3.78. The fraction of sp³-hybridized carbons (Fsp3) is 0.429. The minimum absolute atomic E-state index is 0.119. The molecule has 1 rings (SSSR count). The Balaban J connectivity index is 3.03. The smallest absolute Gasteiger partial charge is 0.230 e. The van der Waals surface area contributed by atoms with Crippen molar-refractivity contribution < 1.29 is 4.79 Å². The molecule has 0 unspecified atom stereocenters. The van der Waals surface area contributed by atoms with E-state index in [2.05, 4.69) is 4.98 Å². The summed E-state index contributed by atoms with van der Waals surface area (Å²) in [6, 6.07) is 0. The summed E-state index contributed by atoms with van der Waals surface area (Å²) < 4.78 is 0. The Morgan fingerprint density at radius 2 is 2.18 bits per heavy atom. The summed E-state index contributed by atoms with van der Waals surface area (Å²) in [4.78, 5) is 16.1. The van der Waals surface area contributed by atoms with Crippen molar-refractivity contribution in [2.75, 3.05) is 6.26 Å². The van der Waals surface area contributed by atoms with Gasteiger partial charge in [0.1, 0.15) is 4.88 Å². The van der Waals surface area contributed by atoms with E-state index in [1.807, 2.05) is 13.8 Å². The summed E-state index contributed by atoms with van der Waals surface area (Å²) >= 11 is 2.70. The number of aromatic nitrogens is 1. The van der Waals surface area contributed by atoms with E-state index in [1.165, 1.54) is 23.1 Å². The molecule has 0 fully saturated rings. The van der Waals surface area contributed by atoms with Gasteiger partial charge in [-0.2, -0.15) is 0 Å². The molecule has 0 aliphatic rings. The third-order valence-corrected chi connectivity index (χ3v) is 3.05. The number of carbonyl (C=O) groups excluding carboxylic acids is 1. The highest BCUT2D eigenvalue weighted by atomic mass is 32.2. The maximum atomic E-state index is 11.2. The quantitative estimate of drug-likeness (QED) is 0.675. The fourth-order valence-electron chi connectivity index (χ4n) is 0.813. The van der Waals surface area contributed by atoms with Gasteiger partial charge in [-0.15, -0.1) is 11.3 Å². The number of hydrogen-bond acceptors (Lipinski definition) is 4. The van der Waals surface area contributed by atoms with E-state index in [4.69, 9.17) is 0 Å². The predicted molar refractivity (Wildman–Crippen MR) is 49.4 cm³/mol. The molecule has 0 amide bonds. The van der Waals surface area contributed by atoms with Crippen molar-refractivity contribution in [2.24, 2.45) is 0 Å². The zero-order valence-electron chi connectivity index (χ0n) is 6.67. The minimum atomic E-state index is 0.119. The summed E-state index contributed by atoms with van der Waals surface area (Å²) in [5, 5.41) is 1.08. The van der Waals surface area contributed by atoms with Gasteiger partial charge in [0.2, 0.25) is 5.12 Å². The van der Waals surface area contributed by atoms with Crippen molar-refractivity contribution in [2.45, 2.75) is 13.8 Å². The molecule has 60 valence electrons. The van der Waals surface area contributed by atoms with Gasteiger partial charge in [-0.1, -0.05) is 11.8 Å². The van der Waals surface area contributed by atoms with Crippen LogP contribution in [-0.2, 0) is 0 Å². The van der Waals surface area contributed by atoms with Gasteiger partial charge in [-0.05, 0) is 20.1 Å². The van der Waals surface area contributed by atoms with E-state index < -0.39 is 0 Å². The Labute approximate surface area is 74.0 Å². The van der Waals surface area contributed by atoms with Crippen LogP contribution in [0.4, 0.5) is 0 Å². The Morgan fingerprint density at radius 1 is 1.55 bits per heavy atom. The van der Waals surface area contributed by atoms with Crippen molar-refractivity contribution in [3.05, 3.63) is 15.6 Å². The van der Waals surface area contributed by atoms with Gasteiger partial charge in [-0.25, -0.2) is 4.98 Å². The van der Waals surface area contributed by atoms with E-state index in [9.17, 15) is 4.79 Å². The Hall–Kier alpha value is -0.350. The summed E-state index contributed by atoms with van der Waals surface area (Å²) in [5.74, 6) is 0. The van der Waals surface area contributed by atoms with E-state index in [1.54, 1.807) is 6.26 Å². The first-order chi connectivity index (χ1) is 5.15. The normalized spacial score (nSPS) is 10.1. The van der Waals surface area contributed by atoms with Crippen LogP contribution in [0.1, 0.15) is 20.4 Å². The molecule has 0 N–H and O–H groups in total. The van der Waals surface area contributed by atoms with Crippen molar-refractivity contribution in [3.8, 4) is 0 Å². The summed E-state index contributed by atoms with van der Waals surface area (Å²) in [7, 11) is 0. The maximum absolute atomic E-state index is 11.2. The van der Waals surface area contributed by atoms with E-state index >= 15 is 0 Å². The summed E-state index contributed by atoms with van der Waals surface area (Å²) in [6.07, 6.45) is 1.79. The second kappa shape index (κ2) is 3.36. The lowest BCUT2D eigenvalue weighted by Gasteiger charge is -1.89. The first-order valence-corrected chi connectivity index (χ1v) is 5.21. The molecule has 0 saturated heterocycles. The van der Waals surface area contributed by atoms with Gasteiger partial charge < -0.3 is 0 Å². The molecular weight excluding hydrogens is 178 g/mol. The van der Waals surface area contributed by atoms with Gasteiger partial charge in [0.25, 0.3) is 0 Å². The summed E-state index contributed by atoms with van der Waals surface area (Å²) in [5.41, 5.74) is 0.854. The first-order valence-electron chi connectivity index (χ1n) is 3.17. The highest BCUT2D eigenvalue weighted by Crippen LogP contribution is 2.21. The van der Waals surface area contributed by atoms with Crippen molar-refractivity contribution in [1.29, 1.82) is 0 Å². The molecule has 0 aliphatic carbocycles. The number of carbonyl (C=O) groups is 1. The number of aryl methyl sites for hydroxylation is 2. The lowest BCUT2D eigenvalue weighted by atomic mass is 10.4. The molecule has 4 heteroatoms. The zero-order chi connectivity index (χ0) is 8.43. The molecule has 0 atom stereocenters. The van der Waals surface area contributed by atoms with E-state index in [-0.39, 0.29) is 5.12 Å². The average Bonchev–Trinajstić information content (AvgIpc) is 2.28. The number of thioether (sulfide) groups is 1. The molecule has 0 saturated carbocycles. The maximum Gasteiger partial charge on any atom is 0.230 e. The van der Waals surface area contributed by atoms with Crippen LogP contribution < -0.4 is 0 Å². The van der Waals surface area contributed by atoms with Crippen LogP contribution in [0.15, 0.2) is 0 Å². The van der Waals surface area contributed by atoms with Crippen LogP contribution in [0.2, 0.25) is 0 Å². The van der Waals surface area contributed by atoms with Crippen LogP contribution >= 0.6 is 23.1 Å². The molecule has 1 aromatic rings. The van der Waals surface area contributed by atoms with E-state index in [0.717, 1.165) is 15.6 Å². The molecular formula is C7H9NOS2. The van der Waals surface area contributed by atoms with Crippen molar-refractivity contribution in [3.63, 3.8) is 0 Å². The third-order valence-electron chi connectivity index (χ3n) is 1.27. The van der Waals surface area contributed by atoms with Gasteiger partial charge in [0, 0.05) is 0 Å². The van der Waals surface area contributed by atoms with Crippen LogP contribution in [-0.4, -0.2) is 16.4 Å². The Kier molecular flexibility index (Phi) is 2.67. The Morgan fingerprint density at radius 3 is 2.55 bits per heavy atom. The first kappa shape index (κ1) is 8.74. The zero-order valence-corrected chi connectivity index (χ0v) is 8.30. The van der Waals surface area contributed by atoms with Crippen LogP contribution in [0, 0.1) is 13.8 Å². The van der Waals surface area contributed by atoms with Gasteiger partial charge in [-0.3, -0.25) is 4.79 Å². The monoisotopic (exact) mass is 187 g/mol. The predicted octanol–water partition coefficient (Wildman–Crippen LogP) is 2.26. The lowest BCUT2D eigenvalue weighted by Crippen LogP contribution is -1.90. The van der Waals surface area contributed by atoms with E-state index in [0.29, 0.717) is 0 Å². The molecule has 2 nitrogen and oxygen atoms in total. The van der Waals surface area contributed by atoms with Crippen molar-refractivity contribution >= 4 is 28.2 Å². The van der Waals surface area contributed by atoms with Crippen molar-refractivity contribution in [1.82, 2.24) is 4.98 Å². The Bertz CT molecular complexity index is 280. The second-order valence-electron chi connectivity index (χ2n) is 2.14. The topological polar surface area (TPSA) is 30.0 Å². The lowest BCUT2D eigenvalue weighted by molar-refractivity contribution is 0.109. The SMILES string of the molecule is CSC(=O)c1sc(C)nc1C. The molecule has 11 heavy (non-hydrogen) atoms. The minimum Gasteiger partial charge on any atom is -0.281 e. The highest BCUT2D eigenvalue weighted by Gasteiger charge is 2.11. The van der Waals surface area contributed by atoms with Gasteiger partial charge in [0.05, 0.1) is 10.7 Å². The van der Waals surface area contributed by atoms with Gasteiger partial charge in [0.15, 0.2) is 0 Å². The second-order valence-corrected chi connectivity index (χ2v) is 4.12. The number of hydrogen-bond donors (Lipinski definition) is 0. The molecule has 0 aromatic carbocycles. The average molecular weight is 187 g/mol. The fourth-order valence-corrected chi connectivity index (χ4v) is 2.28. The number of thiazole rings is 1. The molecule has 0 radical (unpaired) electrons. The molecule has 0 bridgehead atoms. The largest absolute Gasteiger partial charge is 0.281 e. The molecule has 0 spiro atoms. The van der Waals surface area contributed by atoms with Crippen LogP contribution in [0.25, 0.3) is 0 Å². The standard InChI is InChI=1S/C7H9NOS2/c1-4-6(7(9)10-3)11-5(2)8-4/h1-3H3. The molecule has 0 aliphatic heterocycles. The third kappa shape index (κ3) is 1.81. The molecule has 1 aromatic heterocycles. The van der Waals surface area contributed by atoms with Gasteiger partial charge >= 0.3 is 0 Å². The number of rotatable bonds is 1. The molecule has 1 heterocycles. The highest BCUT2D eigenvalue weighted by molar-refractivity contribution is 8.13. The van der Waals surface area contributed by atoms with Crippen LogP contribution in [0.3, 0.4) is 0 Å². The number of nitrogens with zero attached hydrogens (tertiary/aromatic N) is 1. The van der Waals surface area contributed by atoms with Crippen LogP contribution in [0.5, 0.6) is 0 Å².